The van der Waals surface area contributed by atoms with Gasteiger partial charge in [0.2, 0.25) is 5.91 Å². The zero-order valence-electron chi connectivity index (χ0n) is 20.9. The van der Waals surface area contributed by atoms with Crippen LogP contribution in [0.1, 0.15) is 79.9 Å². The van der Waals surface area contributed by atoms with Crippen LogP contribution in [0, 0.1) is 16.7 Å². The smallest absolute Gasteiger partial charge is 0.232 e. The number of benzene rings is 2. The summed E-state index contributed by atoms with van der Waals surface area (Å²) in [6, 6.07) is 16.9. The minimum atomic E-state index is -0.250. The van der Waals surface area contributed by atoms with Gasteiger partial charge in [-0.05, 0) is 59.4 Å². The predicted molar refractivity (Wildman–Crippen MR) is 144 cm³/mol. The number of hydrogen-bond acceptors (Lipinski definition) is 4. The minimum absolute atomic E-state index is 0.00896. The Morgan fingerprint density at radius 2 is 1.78 bits per heavy atom. The molecule has 6 rings (SSSR count). The van der Waals surface area contributed by atoms with Crippen LogP contribution in [0.25, 0.3) is 10.8 Å². The number of carbonyl (C=O) groups excluding carboxylic acids is 2. The lowest BCUT2D eigenvalue weighted by Gasteiger charge is -2.42. The molecule has 2 aliphatic carbocycles. The maximum atomic E-state index is 13.9. The maximum Gasteiger partial charge on any atom is 0.232 e. The molecule has 1 amide bonds. The van der Waals surface area contributed by atoms with Gasteiger partial charge < -0.3 is 0 Å². The summed E-state index contributed by atoms with van der Waals surface area (Å²) >= 11 is 1.60. The van der Waals surface area contributed by atoms with Gasteiger partial charge in [-0.25, -0.2) is 0 Å². The highest BCUT2D eigenvalue weighted by molar-refractivity contribution is 7.16. The summed E-state index contributed by atoms with van der Waals surface area (Å²) in [5.74, 6) is -0.126. The third kappa shape index (κ3) is 3.79. The van der Waals surface area contributed by atoms with Gasteiger partial charge >= 0.3 is 0 Å². The predicted octanol–water partition coefficient (Wildman–Crippen LogP) is 7.21. The van der Waals surface area contributed by atoms with E-state index in [9.17, 15) is 14.9 Å². The first-order valence-electron chi connectivity index (χ1n) is 13.0. The van der Waals surface area contributed by atoms with Gasteiger partial charge in [0.05, 0.1) is 5.56 Å². The van der Waals surface area contributed by atoms with E-state index in [0.717, 1.165) is 63.9 Å². The molecule has 0 saturated heterocycles. The Bertz CT molecular complexity index is 1490. The van der Waals surface area contributed by atoms with Crippen LogP contribution < -0.4 is 4.90 Å². The molecule has 0 unspecified atom stereocenters. The van der Waals surface area contributed by atoms with E-state index in [-0.39, 0.29) is 29.4 Å². The average molecular weight is 495 g/mol. The summed E-state index contributed by atoms with van der Waals surface area (Å²) in [4.78, 5) is 30.7. The Morgan fingerprint density at radius 1 is 1.00 bits per heavy atom. The van der Waals surface area contributed by atoms with Crippen molar-refractivity contribution in [1.29, 1.82) is 5.26 Å². The quantitative estimate of drug-likeness (QED) is 0.354. The third-order valence-electron chi connectivity index (χ3n) is 8.04. The van der Waals surface area contributed by atoms with E-state index in [4.69, 9.17) is 0 Å². The van der Waals surface area contributed by atoms with Gasteiger partial charge in [0, 0.05) is 34.9 Å². The molecule has 0 N–H and O–H groups in total. The highest BCUT2D eigenvalue weighted by Gasteiger charge is 2.45. The van der Waals surface area contributed by atoms with Crippen molar-refractivity contribution in [1.82, 2.24) is 0 Å². The second-order valence-corrected chi connectivity index (χ2v) is 12.3. The first-order chi connectivity index (χ1) is 17.4. The largest absolute Gasteiger partial charge is 0.294 e. The number of carbonyl (C=O) groups is 2. The molecule has 182 valence electrons. The zero-order valence-corrected chi connectivity index (χ0v) is 21.7. The molecule has 4 nitrogen and oxygen atoms in total. The number of nitrogens with zero attached hydrogens (tertiary/aromatic N) is 2. The van der Waals surface area contributed by atoms with Crippen LogP contribution in [-0.2, 0) is 22.4 Å². The molecule has 36 heavy (non-hydrogen) atoms. The molecule has 1 aromatic heterocycles. The van der Waals surface area contributed by atoms with Crippen LogP contribution in [0.3, 0.4) is 0 Å². The molecule has 2 heterocycles. The van der Waals surface area contributed by atoms with E-state index < -0.39 is 0 Å². The van der Waals surface area contributed by atoms with E-state index in [1.807, 2.05) is 12.1 Å². The highest BCUT2D eigenvalue weighted by atomic mass is 32.1. The molecule has 3 aliphatic rings. The molecule has 1 aliphatic heterocycles. The second kappa shape index (κ2) is 8.71. The van der Waals surface area contributed by atoms with E-state index >= 15 is 0 Å². The first-order valence-corrected chi connectivity index (χ1v) is 13.8. The summed E-state index contributed by atoms with van der Waals surface area (Å²) in [5.41, 5.74) is 4.15. The van der Waals surface area contributed by atoms with Crippen molar-refractivity contribution in [3.63, 3.8) is 0 Å². The Kier molecular flexibility index (Phi) is 5.61. The van der Waals surface area contributed by atoms with Crippen molar-refractivity contribution < 1.29 is 9.59 Å². The van der Waals surface area contributed by atoms with Crippen LogP contribution in [0.2, 0.25) is 0 Å². The van der Waals surface area contributed by atoms with Crippen molar-refractivity contribution in [3.8, 4) is 6.07 Å². The number of anilines is 1. The Morgan fingerprint density at radius 3 is 2.58 bits per heavy atom. The molecule has 5 heteroatoms. The van der Waals surface area contributed by atoms with Crippen molar-refractivity contribution in [2.75, 3.05) is 4.90 Å². The molecular weight excluding hydrogens is 464 g/mol. The van der Waals surface area contributed by atoms with Gasteiger partial charge in [0.25, 0.3) is 0 Å². The summed E-state index contributed by atoms with van der Waals surface area (Å²) in [5, 5.41) is 13.2. The topological polar surface area (TPSA) is 61.2 Å². The first kappa shape index (κ1) is 23.2. The SMILES string of the molecule is CC1(C)CC(=O)C2=C(C1)N(c1sc3c(c1C#N)CCCCC3)C(=O)C[C@@H]2c1ccc2ccccc2c1. The van der Waals surface area contributed by atoms with Gasteiger partial charge in [-0.2, -0.15) is 5.26 Å². The number of rotatable bonds is 2. The lowest BCUT2D eigenvalue weighted by Crippen LogP contribution is -2.43. The Hall–Kier alpha value is -3.23. The standard InChI is InChI=1S/C31H30N2O2S/c1-31(2)16-25-29(26(34)17-31)23(21-13-12-19-8-6-7-9-20(19)14-21)15-28(35)33(25)30-24(18-32)22-10-4-3-5-11-27(22)36-30/h6-9,12-14,23H,3-5,10-11,15-17H2,1-2H3/t23-/m1/s1. The van der Waals surface area contributed by atoms with Crippen LogP contribution in [0.4, 0.5) is 5.00 Å². The van der Waals surface area contributed by atoms with Gasteiger partial charge in [-0.15, -0.1) is 11.3 Å². The van der Waals surface area contributed by atoms with Crippen molar-refractivity contribution in [2.45, 2.75) is 71.1 Å². The normalized spacial score (nSPS) is 21.7. The summed E-state index contributed by atoms with van der Waals surface area (Å²) < 4.78 is 0. The van der Waals surface area contributed by atoms with Crippen LogP contribution in [-0.4, -0.2) is 11.7 Å². The maximum absolute atomic E-state index is 13.9. The minimum Gasteiger partial charge on any atom is -0.294 e. The second-order valence-electron chi connectivity index (χ2n) is 11.3. The lowest BCUT2D eigenvalue weighted by atomic mass is 9.69. The van der Waals surface area contributed by atoms with Crippen molar-refractivity contribution in [2.24, 2.45) is 5.41 Å². The van der Waals surface area contributed by atoms with E-state index in [2.05, 4.69) is 50.2 Å². The monoisotopic (exact) mass is 494 g/mol. The number of allylic oxidation sites excluding steroid dienone is 2. The van der Waals surface area contributed by atoms with Crippen LogP contribution in [0.15, 0.2) is 53.7 Å². The molecule has 0 fully saturated rings. The number of aryl methyl sites for hydroxylation is 1. The number of fused-ring (bicyclic) bond motifs is 2. The Labute approximate surface area is 216 Å². The summed E-state index contributed by atoms with van der Waals surface area (Å²) in [6.45, 7) is 4.21. The molecule has 2 aromatic carbocycles. The summed E-state index contributed by atoms with van der Waals surface area (Å²) in [7, 11) is 0. The van der Waals surface area contributed by atoms with Gasteiger partial charge in [-0.1, -0.05) is 62.7 Å². The Balaban J connectivity index is 1.53. The van der Waals surface area contributed by atoms with Crippen LogP contribution in [0.5, 0.6) is 0 Å². The fourth-order valence-corrected chi connectivity index (χ4v) is 7.74. The number of ketones is 1. The number of thiophene rings is 1. The molecule has 0 spiro atoms. The number of nitriles is 1. The third-order valence-corrected chi connectivity index (χ3v) is 9.31. The fraction of sp³-hybridized carbons (Fsp3) is 0.387. The summed E-state index contributed by atoms with van der Waals surface area (Å²) in [6.07, 6.45) is 6.61. The van der Waals surface area contributed by atoms with E-state index in [1.54, 1.807) is 16.2 Å². The van der Waals surface area contributed by atoms with E-state index in [1.165, 1.54) is 11.3 Å². The average Bonchev–Trinajstić information content (AvgIpc) is 3.02. The molecule has 3 aromatic rings. The van der Waals surface area contributed by atoms with Crippen LogP contribution >= 0.6 is 11.3 Å². The molecule has 0 radical (unpaired) electrons. The fourth-order valence-electron chi connectivity index (χ4n) is 6.36. The van der Waals surface area contributed by atoms with E-state index in [0.29, 0.717) is 18.4 Å². The van der Waals surface area contributed by atoms with Crippen molar-refractivity contribution in [3.05, 3.63) is 75.3 Å². The molecule has 0 saturated carbocycles. The lowest BCUT2D eigenvalue weighted by molar-refractivity contribution is -0.120. The molecular formula is C31H30N2O2S. The van der Waals surface area contributed by atoms with Gasteiger partial charge in [-0.3, -0.25) is 14.5 Å². The highest BCUT2D eigenvalue weighted by Crippen LogP contribution is 2.51. The van der Waals surface area contributed by atoms with Gasteiger partial charge in [0.1, 0.15) is 11.1 Å². The molecule has 1 atom stereocenters. The zero-order chi connectivity index (χ0) is 25.0. The molecule has 0 bridgehead atoms. The number of hydrogen-bond donors (Lipinski definition) is 0. The number of Topliss-reactive ketones (excluding diaryl/α,β-unsaturated/α-hetero) is 1. The number of amides is 1. The van der Waals surface area contributed by atoms with Crippen molar-refractivity contribution >= 4 is 38.8 Å². The van der Waals surface area contributed by atoms with Gasteiger partial charge in [0.15, 0.2) is 5.78 Å².